The minimum atomic E-state index is -0.0388. The van der Waals surface area contributed by atoms with E-state index in [1.54, 1.807) is 24.3 Å². The van der Waals surface area contributed by atoms with Gasteiger partial charge in [0.2, 0.25) is 0 Å². The van der Waals surface area contributed by atoms with Crippen LogP contribution < -0.4 is 5.32 Å². The summed E-state index contributed by atoms with van der Waals surface area (Å²) in [7, 11) is 0. The van der Waals surface area contributed by atoms with Crippen LogP contribution >= 0.6 is 0 Å². The minimum absolute atomic E-state index is 0.0388. The van der Waals surface area contributed by atoms with Crippen molar-refractivity contribution >= 4 is 5.91 Å². The highest BCUT2D eigenvalue weighted by molar-refractivity contribution is 5.94. The molecule has 0 spiro atoms. The van der Waals surface area contributed by atoms with Crippen LogP contribution in [0.3, 0.4) is 0 Å². The van der Waals surface area contributed by atoms with Crippen molar-refractivity contribution in [2.75, 3.05) is 6.54 Å². The highest BCUT2D eigenvalue weighted by atomic mass is 16.1. The normalized spacial score (nSPS) is 22.5. The second-order valence-corrected chi connectivity index (χ2v) is 5.53. The van der Waals surface area contributed by atoms with E-state index in [0.29, 0.717) is 17.0 Å². The highest BCUT2D eigenvalue weighted by Crippen LogP contribution is 2.27. The van der Waals surface area contributed by atoms with Gasteiger partial charge in [-0.25, -0.2) is 0 Å². The second kappa shape index (κ2) is 6.38. The summed E-state index contributed by atoms with van der Waals surface area (Å²) in [5.41, 5.74) is 1.21. The van der Waals surface area contributed by atoms with Gasteiger partial charge in [-0.05, 0) is 48.9 Å². The van der Waals surface area contributed by atoms with E-state index in [9.17, 15) is 4.79 Å². The quantitative estimate of drug-likeness (QED) is 0.903. The number of nitrogens with zero attached hydrogens (tertiary/aromatic N) is 1. The van der Waals surface area contributed by atoms with E-state index >= 15 is 0 Å². The SMILES string of the molecule is CC1CCC(CNC(=O)c2ccc(C#N)cc2)CC1. The van der Waals surface area contributed by atoms with Crippen molar-refractivity contribution in [3.8, 4) is 6.07 Å². The number of rotatable bonds is 3. The number of hydrogen-bond donors (Lipinski definition) is 1. The van der Waals surface area contributed by atoms with Crippen LogP contribution in [0.5, 0.6) is 0 Å². The lowest BCUT2D eigenvalue weighted by atomic mass is 9.83. The van der Waals surface area contributed by atoms with Crippen LogP contribution in [0.4, 0.5) is 0 Å². The van der Waals surface area contributed by atoms with Crippen molar-refractivity contribution in [2.45, 2.75) is 32.6 Å². The van der Waals surface area contributed by atoms with E-state index in [1.165, 1.54) is 25.7 Å². The van der Waals surface area contributed by atoms with E-state index in [2.05, 4.69) is 12.2 Å². The molecule has 1 aromatic carbocycles. The maximum Gasteiger partial charge on any atom is 0.251 e. The van der Waals surface area contributed by atoms with Gasteiger partial charge in [-0.2, -0.15) is 5.26 Å². The Labute approximate surface area is 114 Å². The zero-order valence-corrected chi connectivity index (χ0v) is 11.4. The van der Waals surface area contributed by atoms with Gasteiger partial charge in [0.25, 0.3) is 5.91 Å². The summed E-state index contributed by atoms with van der Waals surface area (Å²) in [5, 5.41) is 11.7. The largest absolute Gasteiger partial charge is 0.352 e. The molecule has 0 bridgehead atoms. The van der Waals surface area contributed by atoms with Crippen molar-refractivity contribution in [1.82, 2.24) is 5.32 Å². The molecule has 1 amide bonds. The molecule has 0 aliphatic heterocycles. The standard InChI is InChI=1S/C16H20N2O/c1-12-2-4-14(5-3-12)11-18-16(19)15-8-6-13(10-17)7-9-15/h6-9,12,14H,2-5,11H2,1H3,(H,18,19). The Morgan fingerprint density at radius 2 is 1.89 bits per heavy atom. The first kappa shape index (κ1) is 13.6. The summed E-state index contributed by atoms with van der Waals surface area (Å²) in [6.45, 7) is 3.07. The molecule has 0 saturated heterocycles. The summed E-state index contributed by atoms with van der Waals surface area (Å²) in [6, 6.07) is 8.82. The van der Waals surface area contributed by atoms with Crippen molar-refractivity contribution in [1.29, 1.82) is 5.26 Å². The molecule has 1 saturated carbocycles. The molecule has 0 radical (unpaired) electrons. The van der Waals surface area contributed by atoms with E-state index in [1.807, 2.05) is 6.07 Å². The van der Waals surface area contributed by atoms with Crippen molar-refractivity contribution in [2.24, 2.45) is 11.8 Å². The molecular weight excluding hydrogens is 236 g/mol. The zero-order valence-electron chi connectivity index (χ0n) is 11.4. The fourth-order valence-corrected chi connectivity index (χ4v) is 2.57. The molecule has 1 N–H and O–H groups in total. The van der Waals surface area contributed by atoms with Gasteiger partial charge in [-0.1, -0.05) is 19.8 Å². The lowest BCUT2D eigenvalue weighted by Crippen LogP contribution is -2.31. The van der Waals surface area contributed by atoms with Crippen LogP contribution in [0.15, 0.2) is 24.3 Å². The van der Waals surface area contributed by atoms with Crippen LogP contribution in [0.25, 0.3) is 0 Å². The Morgan fingerprint density at radius 3 is 2.47 bits per heavy atom. The number of nitriles is 1. The van der Waals surface area contributed by atoms with Crippen molar-refractivity contribution in [3.63, 3.8) is 0 Å². The van der Waals surface area contributed by atoms with E-state index in [-0.39, 0.29) is 5.91 Å². The Kier molecular flexibility index (Phi) is 4.57. The first-order valence-electron chi connectivity index (χ1n) is 6.97. The number of amides is 1. The molecule has 1 aromatic rings. The van der Waals surface area contributed by atoms with Crippen LogP contribution in [-0.2, 0) is 0 Å². The summed E-state index contributed by atoms with van der Waals surface area (Å²) >= 11 is 0. The van der Waals surface area contributed by atoms with Gasteiger partial charge in [0.1, 0.15) is 0 Å². The third-order valence-corrected chi connectivity index (χ3v) is 3.96. The van der Waals surface area contributed by atoms with Gasteiger partial charge in [-0.15, -0.1) is 0 Å². The lowest BCUT2D eigenvalue weighted by Gasteiger charge is -2.26. The maximum atomic E-state index is 12.0. The first-order chi connectivity index (χ1) is 9.19. The monoisotopic (exact) mass is 256 g/mol. The molecule has 1 aliphatic rings. The fourth-order valence-electron chi connectivity index (χ4n) is 2.57. The van der Waals surface area contributed by atoms with Crippen molar-refractivity contribution in [3.05, 3.63) is 35.4 Å². The van der Waals surface area contributed by atoms with Crippen LogP contribution in [0, 0.1) is 23.2 Å². The van der Waals surface area contributed by atoms with Crippen LogP contribution in [-0.4, -0.2) is 12.5 Å². The number of carbonyl (C=O) groups is 1. The molecule has 0 heterocycles. The van der Waals surface area contributed by atoms with E-state index in [4.69, 9.17) is 5.26 Å². The number of carbonyl (C=O) groups excluding carboxylic acids is 1. The van der Waals surface area contributed by atoms with Crippen LogP contribution in [0.1, 0.15) is 48.5 Å². The predicted octanol–water partition coefficient (Wildman–Crippen LogP) is 3.11. The third-order valence-electron chi connectivity index (χ3n) is 3.96. The first-order valence-corrected chi connectivity index (χ1v) is 6.97. The number of nitrogens with one attached hydrogen (secondary N) is 1. The minimum Gasteiger partial charge on any atom is -0.352 e. The molecule has 1 aliphatic carbocycles. The molecular formula is C16H20N2O. The second-order valence-electron chi connectivity index (χ2n) is 5.53. The summed E-state index contributed by atoms with van der Waals surface area (Å²) in [5.74, 6) is 1.42. The average molecular weight is 256 g/mol. The Bertz CT molecular complexity index is 465. The molecule has 0 atom stereocenters. The summed E-state index contributed by atoms with van der Waals surface area (Å²) in [4.78, 5) is 12.0. The Balaban J connectivity index is 1.82. The Hall–Kier alpha value is -1.82. The molecule has 3 nitrogen and oxygen atoms in total. The molecule has 100 valence electrons. The molecule has 0 aromatic heterocycles. The average Bonchev–Trinajstić information content (AvgIpc) is 2.46. The number of benzene rings is 1. The highest BCUT2D eigenvalue weighted by Gasteiger charge is 2.18. The van der Waals surface area contributed by atoms with E-state index in [0.717, 1.165) is 12.5 Å². The molecule has 0 unspecified atom stereocenters. The molecule has 2 rings (SSSR count). The topological polar surface area (TPSA) is 52.9 Å². The molecule has 19 heavy (non-hydrogen) atoms. The smallest absolute Gasteiger partial charge is 0.251 e. The van der Waals surface area contributed by atoms with Gasteiger partial charge < -0.3 is 5.32 Å². The third kappa shape index (κ3) is 3.82. The van der Waals surface area contributed by atoms with Gasteiger partial charge in [-0.3, -0.25) is 4.79 Å². The van der Waals surface area contributed by atoms with E-state index < -0.39 is 0 Å². The zero-order chi connectivity index (χ0) is 13.7. The summed E-state index contributed by atoms with van der Waals surface area (Å²) in [6.07, 6.45) is 4.98. The van der Waals surface area contributed by atoms with Crippen molar-refractivity contribution < 1.29 is 4.79 Å². The lowest BCUT2D eigenvalue weighted by molar-refractivity contribution is 0.0942. The summed E-state index contributed by atoms with van der Waals surface area (Å²) < 4.78 is 0. The van der Waals surface area contributed by atoms with Gasteiger partial charge >= 0.3 is 0 Å². The fraction of sp³-hybridized carbons (Fsp3) is 0.500. The van der Waals surface area contributed by atoms with Gasteiger partial charge in [0.15, 0.2) is 0 Å². The maximum absolute atomic E-state index is 12.0. The number of hydrogen-bond acceptors (Lipinski definition) is 2. The predicted molar refractivity (Wildman–Crippen MR) is 74.6 cm³/mol. The van der Waals surface area contributed by atoms with Gasteiger partial charge in [0.05, 0.1) is 11.6 Å². The van der Waals surface area contributed by atoms with Gasteiger partial charge in [0, 0.05) is 12.1 Å². The Morgan fingerprint density at radius 1 is 1.26 bits per heavy atom. The molecule has 1 fully saturated rings. The molecule has 3 heteroatoms. The van der Waals surface area contributed by atoms with Crippen LogP contribution in [0.2, 0.25) is 0 Å².